The molecule has 2 aromatic rings. The number of rotatable bonds is 3. The maximum atomic E-state index is 2.19. The summed E-state index contributed by atoms with van der Waals surface area (Å²) in [6, 6.07) is 18.9. The zero-order valence-electron chi connectivity index (χ0n) is 10.6. The summed E-state index contributed by atoms with van der Waals surface area (Å²) in [6.45, 7) is 2.11. The number of hydrogen-bond acceptors (Lipinski definition) is 2. The molecule has 2 rings (SSSR count). The summed E-state index contributed by atoms with van der Waals surface area (Å²) in [7, 11) is 4.10. The quantitative estimate of drug-likeness (QED) is 0.738. The van der Waals surface area contributed by atoms with Gasteiger partial charge in [-0.05, 0) is 36.8 Å². The number of nitrogens with zero attached hydrogens (tertiary/aromatic N) is 2. The van der Waals surface area contributed by atoms with E-state index in [2.05, 4.69) is 79.6 Å². The highest BCUT2D eigenvalue weighted by Gasteiger charge is 2.10. The van der Waals surface area contributed by atoms with Gasteiger partial charge >= 0.3 is 0 Å². The zero-order valence-corrected chi connectivity index (χ0v) is 10.6. The molecule has 0 radical (unpaired) electrons. The Morgan fingerprint density at radius 2 is 1.41 bits per heavy atom. The van der Waals surface area contributed by atoms with Gasteiger partial charge in [0.05, 0.1) is 11.4 Å². The summed E-state index contributed by atoms with van der Waals surface area (Å²) < 4.78 is 0. The van der Waals surface area contributed by atoms with E-state index in [0.717, 1.165) is 0 Å². The molecule has 0 aliphatic carbocycles. The number of benzene rings is 2. The highest BCUT2D eigenvalue weighted by Crippen LogP contribution is 2.26. The summed E-state index contributed by atoms with van der Waals surface area (Å²) in [5.74, 6) is 0. The van der Waals surface area contributed by atoms with Crippen molar-refractivity contribution in [2.24, 2.45) is 0 Å². The van der Waals surface area contributed by atoms with Crippen LogP contribution in [-0.4, -0.2) is 19.1 Å². The van der Waals surface area contributed by atoms with Crippen LogP contribution >= 0.6 is 0 Å². The van der Waals surface area contributed by atoms with Gasteiger partial charge in [0.25, 0.3) is 0 Å². The largest absolute Gasteiger partial charge is 0.275 e. The van der Waals surface area contributed by atoms with Crippen LogP contribution in [-0.2, 0) is 0 Å². The van der Waals surface area contributed by atoms with Gasteiger partial charge in [0.1, 0.15) is 0 Å². The maximum absolute atomic E-state index is 2.19. The fourth-order valence-electron chi connectivity index (χ4n) is 1.94. The lowest BCUT2D eigenvalue weighted by molar-refractivity contribution is 0.418. The van der Waals surface area contributed by atoms with E-state index in [1.54, 1.807) is 0 Å². The molecule has 17 heavy (non-hydrogen) atoms. The van der Waals surface area contributed by atoms with Crippen LogP contribution in [0.25, 0.3) is 0 Å². The van der Waals surface area contributed by atoms with E-state index in [4.69, 9.17) is 0 Å². The Bertz CT molecular complexity index is 477. The number of hydrazine groups is 1. The SMILES string of the molecule is Cc1cccc(N(c2ccccc2)N(C)C)c1. The number of aryl methyl sites for hydroxylation is 1. The minimum atomic E-state index is 1.17. The van der Waals surface area contributed by atoms with Gasteiger partial charge in [-0.1, -0.05) is 30.3 Å². The van der Waals surface area contributed by atoms with Crippen LogP contribution in [0, 0.1) is 6.92 Å². The number of para-hydroxylation sites is 1. The van der Waals surface area contributed by atoms with Gasteiger partial charge in [-0.25, -0.2) is 5.01 Å². The predicted molar refractivity (Wildman–Crippen MR) is 73.4 cm³/mol. The Hall–Kier alpha value is -1.80. The molecule has 0 aromatic heterocycles. The molecule has 2 aromatic carbocycles. The molecule has 0 aliphatic heterocycles. The molecule has 0 N–H and O–H groups in total. The van der Waals surface area contributed by atoms with E-state index in [0.29, 0.717) is 0 Å². The van der Waals surface area contributed by atoms with Crippen molar-refractivity contribution in [1.82, 2.24) is 5.01 Å². The van der Waals surface area contributed by atoms with Gasteiger partial charge < -0.3 is 0 Å². The van der Waals surface area contributed by atoms with Gasteiger partial charge in [-0.3, -0.25) is 5.01 Å². The Labute approximate surface area is 103 Å². The highest BCUT2D eigenvalue weighted by atomic mass is 15.6. The number of hydrogen-bond donors (Lipinski definition) is 0. The Morgan fingerprint density at radius 1 is 0.765 bits per heavy atom. The third-order valence-electron chi connectivity index (χ3n) is 2.65. The average Bonchev–Trinajstić information content (AvgIpc) is 2.30. The molecular formula is C15H18N2. The fraction of sp³-hybridized carbons (Fsp3) is 0.200. The van der Waals surface area contributed by atoms with Crippen LogP contribution < -0.4 is 5.01 Å². The van der Waals surface area contributed by atoms with E-state index >= 15 is 0 Å². The summed E-state index contributed by atoms with van der Waals surface area (Å²) in [6.07, 6.45) is 0. The predicted octanol–water partition coefficient (Wildman–Crippen LogP) is 3.61. The van der Waals surface area contributed by atoms with Crippen molar-refractivity contribution in [2.75, 3.05) is 19.1 Å². The molecule has 0 amide bonds. The van der Waals surface area contributed by atoms with Gasteiger partial charge in [-0.2, -0.15) is 0 Å². The van der Waals surface area contributed by atoms with E-state index in [1.165, 1.54) is 16.9 Å². The molecule has 0 fully saturated rings. The van der Waals surface area contributed by atoms with Crippen LogP contribution in [0.15, 0.2) is 54.6 Å². The minimum absolute atomic E-state index is 1.17. The lowest BCUT2D eigenvalue weighted by Crippen LogP contribution is -2.32. The first-order valence-corrected chi connectivity index (χ1v) is 5.77. The van der Waals surface area contributed by atoms with Crippen LogP contribution in [0.2, 0.25) is 0 Å². The Kier molecular flexibility index (Phi) is 3.45. The molecule has 0 bridgehead atoms. The van der Waals surface area contributed by atoms with Crippen molar-refractivity contribution in [3.63, 3.8) is 0 Å². The van der Waals surface area contributed by atoms with Crippen molar-refractivity contribution in [1.29, 1.82) is 0 Å². The summed E-state index contributed by atoms with van der Waals surface area (Å²) in [4.78, 5) is 0. The third kappa shape index (κ3) is 2.66. The second-order valence-electron chi connectivity index (χ2n) is 4.33. The van der Waals surface area contributed by atoms with Gasteiger partial charge in [0.15, 0.2) is 0 Å². The summed E-state index contributed by atoms with van der Waals surface area (Å²) in [5, 5.41) is 4.27. The van der Waals surface area contributed by atoms with E-state index < -0.39 is 0 Å². The molecule has 0 unspecified atom stereocenters. The van der Waals surface area contributed by atoms with E-state index in [9.17, 15) is 0 Å². The zero-order chi connectivity index (χ0) is 12.3. The third-order valence-corrected chi connectivity index (χ3v) is 2.65. The average molecular weight is 226 g/mol. The summed E-state index contributed by atoms with van der Waals surface area (Å²) >= 11 is 0. The molecule has 0 spiro atoms. The summed E-state index contributed by atoms with van der Waals surface area (Å²) in [5.41, 5.74) is 3.62. The molecule has 2 nitrogen and oxygen atoms in total. The second kappa shape index (κ2) is 5.02. The van der Waals surface area contributed by atoms with Crippen LogP contribution in [0.5, 0.6) is 0 Å². The first-order chi connectivity index (χ1) is 8.18. The standard InChI is InChI=1S/C15H18N2/c1-13-8-7-11-15(12-13)17(16(2)3)14-9-5-4-6-10-14/h4-12H,1-3H3. The number of anilines is 2. The topological polar surface area (TPSA) is 6.48 Å². The van der Waals surface area contributed by atoms with Crippen molar-refractivity contribution in [3.05, 3.63) is 60.2 Å². The molecule has 0 atom stereocenters. The van der Waals surface area contributed by atoms with Gasteiger partial charge in [-0.15, -0.1) is 0 Å². The van der Waals surface area contributed by atoms with Gasteiger partial charge in [0.2, 0.25) is 0 Å². The lowest BCUT2D eigenvalue weighted by Gasteiger charge is -2.31. The molecular weight excluding hydrogens is 208 g/mol. The van der Waals surface area contributed by atoms with Crippen molar-refractivity contribution >= 4 is 11.4 Å². The van der Waals surface area contributed by atoms with E-state index in [1.807, 2.05) is 6.07 Å². The normalized spacial score (nSPS) is 10.6. The molecule has 0 saturated heterocycles. The smallest absolute Gasteiger partial charge is 0.0582 e. The molecule has 0 aliphatic rings. The van der Waals surface area contributed by atoms with Crippen molar-refractivity contribution in [2.45, 2.75) is 6.92 Å². The Balaban J connectivity index is 2.43. The van der Waals surface area contributed by atoms with Gasteiger partial charge in [0, 0.05) is 14.1 Å². The van der Waals surface area contributed by atoms with Crippen molar-refractivity contribution in [3.8, 4) is 0 Å². The molecule has 0 saturated carbocycles. The second-order valence-corrected chi connectivity index (χ2v) is 4.33. The Morgan fingerprint density at radius 3 is 2.00 bits per heavy atom. The first-order valence-electron chi connectivity index (χ1n) is 5.77. The minimum Gasteiger partial charge on any atom is -0.275 e. The van der Waals surface area contributed by atoms with E-state index in [-0.39, 0.29) is 0 Å². The van der Waals surface area contributed by atoms with Crippen LogP contribution in [0.3, 0.4) is 0 Å². The monoisotopic (exact) mass is 226 g/mol. The molecule has 2 heteroatoms. The fourth-order valence-corrected chi connectivity index (χ4v) is 1.94. The van der Waals surface area contributed by atoms with Crippen LogP contribution in [0.1, 0.15) is 5.56 Å². The first kappa shape index (κ1) is 11.7. The van der Waals surface area contributed by atoms with Crippen LogP contribution in [0.4, 0.5) is 11.4 Å². The lowest BCUT2D eigenvalue weighted by atomic mass is 10.2. The highest BCUT2D eigenvalue weighted by molar-refractivity contribution is 5.62. The molecule has 0 heterocycles. The van der Waals surface area contributed by atoms with Crippen molar-refractivity contribution < 1.29 is 0 Å². The maximum Gasteiger partial charge on any atom is 0.0582 e. The molecule has 88 valence electrons.